The molecule has 0 atom stereocenters. The number of halogens is 3. The number of benzene rings is 2. The summed E-state index contributed by atoms with van der Waals surface area (Å²) >= 11 is 6.03. The monoisotopic (exact) mass is 420 g/mol. The summed E-state index contributed by atoms with van der Waals surface area (Å²) in [4.78, 5) is 24.4. The van der Waals surface area contributed by atoms with Gasteiger partial charge < -0.3 is 14.6 Å². The normalized spacial score (nSPS) is 10.6. The van der Waals surface area contributed by atoms with Gasteiger partial charge in [0.05, 0.1) is 10.6 Å². The molecule has 3 rings (SSSR count). The SMILES string of the molecule is Cc1onc(-c2c(F)cccc2Cl)c1C(=O)OCC(=O)NCc1ccc(F)cc1. The topological polar surface area (TPSA) is 81.4 Å². The summed E-state index contributed by atoms with van der Waals surface area (Å²) in [5, 5.41) is 6.29. The van der Waals surface area contributed by atoms with Crippen molar-refractivity contribution < 1.29 is 27.6 Å². The van der Waals surface area contributed by atoms with E-state index in [0.717, 1.165) is 0 Å². The Labute approximate surface area is 169 Å². The van der Waals surface area contributed by atoms with Gasteiger partial charge >= 0.3 is 5.97 Å². The van der Waals surface area contributed by atoms with Crippen LogP contribution in [0.4, 0.5) is 8.78 Å². The summed E-state index contributed by atoms with van der Waals surface area (Å²) in [5.41, 5.74) is 0.349. The Hall–Kier alpha value is -3.26. The first-order valence-corrected chi connectivity index (χ1v) is 8.83. The molecule has 150 valence electrons. The second kappa shape index (κ2) is 8.83. The zero-order valence-electron chi connectivity index (χ0n) is 15.2. The van der Waals surface area contributed by atoms with Crippen molar-refractivity contribution in [1.82, 2.24) is 10.5 Å². The van der Waals surface area contributed by atoms with E-state index in [1.807, 2.05) is 0 Å². The summed E-state index contributed by atoms with van der Waals surface area (Å²) < 4.78 is 37.1. The maximum Gasteiger partial charge on any atom is 0.344 e. The highest BCUT2D eigenvalue weighted by molar-refractivity contribution is 6.33. The lowest BCUT2D eigenvalue weighted by molar-refractivity contribution is -0.124. The van der Waals surface area contributed by atoms with E-state index in [1.54, 1.807) is 0 Å². The summed E-state index contributed by atoms with van der Waals surface area (Å²) in [6.07, 6.45) is 0. The number of nitrogens with one attached hydrogen (secondary N) is 1. The lowest BCUT2D eigenvalue weighted by Gasteiger charge is -2.08. The third-order valence-corrected chi connectivity index (χ3v) is 4.32. The molecule has 0 spiro atoms. The van der Waals surface area contributed by atoms with Crippen LogP contribution in [-0.4, -0.2) is 23.6 Å². The van der Waals surface area contributed by atoms with Crippen LogP contribution in [0.15, 0.2) is 47.0 Å². The molecule has 0 fully saturated rings. The van der Waals surface area contributed by atoms with E-state index in [9.17, 15) is 18.4 Å². The van der Waals surface area contributed by atoms with Gasteiger partial charge in [0.1, 0.15) is 28.7 Å². The molecule has 0 saturated carbocycles. The molecule has 3 aromatic rings. The fraction of sp³-hybridized carbons (Fsp3) is 0.150. The molecule has 1 amide bonds. The number of ether oxygens (including phenoxy) is 1. The van der Waals surface area contributed by atoms with Crippen LogP contribution in [0.1, 0.15) is 21.7 Å². The van der Waals surface area contributed by atoms with Crippen molar-refractivity contribution in [2.45, 2.75) is 13.5 Å². The Morgan fingerprint density at radius 2 is 1.90 bits per heavy atom. The van der Waals surface area contributed by atoms with E-state index >= 15 is 0 Å². The second-order valence-corrected chi connectivity index (χ2v) is 6.45. The molecule has 0 aliphatic carbocycles. The lowest BCUT2D eigenvalue weighted by atomic mass is 10.1. The molecule has 0 aliphatic heterocycles. The highest BCUT2D eigenvalue weighted by atomic mass is 35.5. The standard InChI is InChI=1S/C20H15ClF2N2O4/c1-11-17(19(25-29-11)18-14(21)3-2-4-15(18)23)20(27)28-10-16(26)24-9-12-5-7-13(22)8-6-12/h2-8H,9-10H2,1H3,(H,24,26). The smallest absolute Gasteiger partial charge is 0.344 e. The van der Waals surface area contributed by atoms with Gasteiger partial charge in [-0.25, -0.2) is 13.6 Å². The number of aromatic nitrogens is 1. The van der Waals surface area contributed by atoms with Crippen LogP contribution in [0.25, 0.3) is 11.3 Å². The predicted molar refractivity (Wildman–Crippen MR) is 100 cm³/mol. The number of carbonyl (C=O) groups excluding carboxylic acids is 2. The third kappa shape index (κ3) is 4.78. The minimum Gasteiger partial charge on any atom is -0.452 e. The molecular formula is C20H15ClF2N2O4. The van der Waals surface area contributed by atoms with Gasteiger partial charge in [-0.1, -0.05) is 35.0 Å². The van der Waals surface area contributed by atoms with Crippen molar-refractivity contribution >= 4 is 23.5 Å². The number of hydrogen-bond donors (Lipinski definition) is 1. The molecule has 0 saturated heterocycles. The average molecular weight is 421 g/mol. The first-order chi connectivity index (χ1) is 13.9. The first-order valence-electron chi connectivity index (χ1n) is 8.45. The molecule has 9 heteroatoms. The van der Waals surface area contributed by atoms with Crippen molar-refractivity contribution in [2.75, 3.05) is 6.61 Å². The van der Waals surface area contributed by atoms with Crippen molar-refractivity contribution in [2.24, 2.45) is 0 Å². The number of rotatable bonds is 6. The number of esters is 1. The summed E-state index contributed by atoms with van der Waals surface area (Å²) in [5.74, 6) is -2.45. The van der Waals surface area contributed by atoms with E-state index in [1.165, 1.54) is 49.4 Å². The molecule has 2 aromatic carbocycles. The molecule has 6 nitrogen and oxygen atoms in total. The molecule has 0 radical (unpaired) electrons. The number of aryl methyl sites for hydroxylation is 1. The van der Waals surface area contributed by atoms with Crippen molar-refractivity contribution in [3.8, 4) is 11.3 Å². The van der Waals surface area contributed by atoms with Crippen LogP contribution in [0.3, 0.4) is 0 Å². The van der Waals surface area contributed by atoms with E-state index < -0.39 is 24.3 Å². The number of amides is 1. The van der Waals surface area contributed by atoms with Crippen molar-refractivity contribution in [3.05, 3.63) is 76.0 Å². The molecule has 29 heavy (non-hydrogen) atoms. The molecule has 0 bridgehead atoms. The Morgan fingerprint density at radius 1 is 1.17 bits per heavy atom. The van der Waals surface area contributed by atoms with E-state index in [2.05, 4.69) is 10.5 Å². The van der Waals surface area contributed by atoms with Gasteiger partial charge in [-0.15, -0.1) is 0 Å². The Morgan fingerprint density at radius 3 is 2.59 bits per heavy atom. The average Bonchev–Trinajstić information content (AvgIpc) is 3.06. The number of carbonyl (C=O) groups is 2. The Bertz CT molecular complexity index is 1030. The van der Waals surface area contributed by atoms with Crippen molar-refractivity contribution in [1.29, 1.82) is 0 Å². The maximum absolute atomic E-state index is 14.2. The maximum atomic E-state index is 14.2. The molecule has 0 unspecified atom stereocenters. The molecule has 1 heterocycles. The quantitative estimate of drug-likeness (QED) is 0.608. The Kier molecular flexibility index (Phi) is 6.23. The molecular weight excluding hydrogens is 406 g/mol. The lowest BCUT2D eigenvalue weighted by Crippen LogP contribution is -2.28. The highest BCUT2D eigenvalue weighted by Crippen LogP contribution is 2.33. The predicted octanol–water partition coefficient (Wildman–Crippen LogP) is 4.05. The summed E-state index contributed by atoms with van der Waals surface area (Å²) in [6, 6.07) is 9.61. The van der Waals surface area contributed by atoms with Gasteiger partial charge in [-0.3, -0.25) is 4.79 Å². The van der Waals surface area contributed by atoms with E-state index in [-0.39, 0.29) is 40.0 Å². The molecule has 1 aromatic heterocycles. The first kappa shape index (κ1) is 20.5. The van der Waals surface area contributed by atoms with Crippen LogP contribution >= 0.6 is 11.6 Å². The molecule has 0 aliphatic rings. The van der Waals surface area contributed by atoms with E-state index in [4.69, 9.17) is 20.9 Å². The number of nitrogens with zero attached hydrogens (tertiary/aromatic N) is 1. The summed E-state index contributed by atoms with van der Waals surface area (Å²) in [6.45, 7) is 1.02. The fourth-order valence-electron chi connectivity index (χ4n) is 2.56. The van der Waals surface area contributed by atoms with Crippen molar-refractivity contribution in [3.63, 3.8) is 0 Å². The van der Waals surface area contributed by atoms with Crippen LogP contribution in [0.5, 0.6) is 0 Å². The highest BCUT2D eigenvalue weighted by Gasteiger charge is 2.26. The summed E-state index contributed by atoms with van der Waals surface area (Å²) in [7, 11) is 0. The zero-order chi connectivity index (χ0) is 21.0. The van der Waals surface area contributed by atoms with Crippen LogP contribution in [0.2, 0.25) is 5.02 Å². The van der Waals surface area contributed by atoms with Gasteiger partial charge in [-0.2, -0.15) is 0 Å². The largest absolute Gasteiger partial charge is 0.452 e. The number of hydrogen-bond acceptors (Lipinski definition) is 5. The fourth-order valence-corrected chi connectivity index (χ4v) is 2.82. The third-order valence-electron chi connectivity index (χ3n) is 4.00. The van der Waals surface area contributed by atoms with Gasteiger partial charge in [0.15, 0.2) is 6.61 Å². The van der Waals surface area contributed by atoms with Gasteiger partial charge in [-0.05, 0) is 36.8 Å². The van der Waals surface area contributed by atoms with Crippen LogP contribution < -0.4 is 5.32 Å². The minimum atomic E-state index is -0.907. The van der Waals surface area contributed by atoms with Crippen LogP contribution in [-0.2, 0) is 16.1 Å². The van der Waals surface area contributed by atoms with Crippen LogP contribution in [0, 0.1) is 18.6 Å². The Balaban J connectivity index is 1.66. The van der Waals surface area contributed by atoms with Gasteiger partial charge in [0.2, 0.25) is 0 Å². The minimum absolute atomic E-state index is 0.0457. The molecule has 1 N–H and O–H groups in total. The van der Waals surface area contributed by atoms with Gasteiger partial charge in [0.25, 0.3) is 5.91 Å². The van der Waals surface area contributed by atoms with Gasteiger partial charge in [0, 0.05) is 6.54 Å². The van der Waals surface area contributed by atoms with E-state index in [0.29, 0.717) is 5.56 Å². The second-order valence-electron chi connectivity index (χ2n) is 6.04. The zero-order valence-corrected chi connectivity index (χ0v) is 15.9.